The molecule has 0 saturated carbocycles. The minimum Gasteiger partial charge on any atom is -0.497 e. The SMILES string of the molecule is COc1ccc(C(=O)C2C3C(=O)N(c4cc(Cl)cc(Cl)c4)C(=O)C3C3C=Cc4ccccc4N32)cc1. The van der Waals surface area contributed by atoms with Crippen LogP contribution in [0.15, 0.2) is 72.8 Å². The average molecular weight is 519 g/mol. The molecule has 3 aromatic carbocycles. The van der Waals surface area contributed by atoms with Crippen molar-refractivity contribution in [3.05, 3.63) is 94.0 Å². The maximum Gasteiger partial charge on any atom is 0.240 e. The Morgan fingerprint density at radius 3 is 2.25 bits per heavy atom. The first-order valence-electron chi connectivity index (χ1n) is 11.5. The molecule has 36 heavy (non-hydrogen) atoms. The van der Waals surface area contributed by atoms with E-state index in [2.05, 4.69) is 0 Å². The molecule has 3 aromatic rings. The first-order valence-corrected chi connectivity index (χ1v) is 12.2. The number of halogens is 2. The van der Waals surface area contributed by atoms with Crippen molar-refractivity contribution in [1.82, 2.24) is 0 Å². The summed E-state index contributed by atoms with van der Waals surface area (Å²) in [5.74, 6) is -2.01. The maximum atomic E-state index is 14.0. The number of methoxy groups -OCH3 is 1. The molecule has 0 radical (unpaired) electrons. The van der Waals surface area contributed by atoms with Gasteiger partial charge >= 0.3 is 0 Å². The van der Waals surface area contributed by atoms with Crippen molar-refractivity contribution in [3.8, 4) is 5.75 Å². The molecule has 0 N–H and O–H groups in total. The third kappa shape index (κ3) is 3.36. The summed E-state index contributed by atoms with van der Waals surface area (Å²) in [6, 6.07) is 17.8. The molecule has 6 rings (SSSR count). The number of amides is 2. The van der Waals surface area contributed by atoms with Gasteiger partial charge in [0.05, 0.1) is 30.7 Å². The van der Waals surface area contributed by atoms with Crippen molar-refractivity contribution < 1.29 is 19.1 Å². The maximum absolute atomic E-state index is 14.0. The molecule has 3 aliphatic rings. The standard InChI is InChI=1S/C28H20Cl2N2O4/c1-36-20-9-6-16(7-10-20)26(33)25-24-23(22-11-8-15-4-2-3-5-21(15)32(22)25)27(34)31(28(24)35)19-13-17(29)12-18(30)14-19/h2-14,22-25H,1H3. The monoisotopic (exact) mass is 518 g/mol. The van der Waals surface area contributed by atoms with Crippen LogP contribution in [0.5, 0.6) is 5.75 Å². The Labute approximate surface area is 217 Å². The minimum absolute atomic E-state index is 0.229. The highest BCUT2D eigenvalue weighted by Crippen LogP contribution is 2.50. The van der Waals surface area contributed by atoms with E-state index in [9.17, 15) is 14.4 Å². The van der Waals surface area contributed by atoms with Crippen LogP contribution in [-0.4, -0.2) is 36.8 Å². The third-order valence-corrected chi connectivity index (χ3v) is 7.60. The summed E-state index contributed by atoms with van der Waals surface area (Å²) < 4.78 is 5.23. The van der Waals surface area contributed by atoms with Crippen molar-refractivity contribution in [1.29, 1.82) is 0 Å². The molecule has 8 heteroatoms. The lowest BCUT2D eigenvalue weighted by molar-refractivity contribution is -0.122. The van der Waals surface area contributed by atoms with Gasteiger partial charge in [0.15, 0.2) is 5.78 Å². The highest BCUT2D eigenvalue weighted by Gasteiger charge is 2.64. The summed E-state index contributed by atoms with van der Waals surface area (Å²) in [5, 5.41) is 0.628. The molecule has 6 nitrogen and oxygen atoms in total. The van der Waals surface area contributed by atoms with E-state index in [0.29, 0.717) is 27.0 Å². The zero-order chi connectivity index (χ0) is 25.1. The third-order valence-electron chi connectivity index (χ3n) is 7.16. The number of imide groups is 1. The summed E-state index contributed by atoms with van der Waals surface area (Å²) in [6.45, 7) is 0. The summed E-state index contributed by atoms with van der Waals surface area (Å²) >= 11 is 12.4. The number of fused-ring (bicyclic) bond motifs is 5. The lowest BCUT2D eigenvalue weighted by atomic mass is 9.86. The number of ketones is 1. The zero-order valence-electron chi connectivity index (χ0n) is 19.1. The molecular formula is C28H20Cl2N2O4. The average Bonchev–Trinajstić information content (AvgIpc) is 3.35. The summed E-state index contributed by atoms with van der Waals surface area (Å²) in [7, 11) is 1.56. The lowest BCUT2D eigenvalue weighted by Gasteiger charge is -2.36. The predicted octanol–water partition coefficient (Wildman–Crippen LogP) is 5.27. The molecule has 2 fully saturated rings. The number of para-hydroxylation sites is 1. The molecule has 4 unspecified atom stereocenters. The van der Waals surface area contributed by atoms with Gasteiger partial charge < -0.3 is 9.64 Å². The fourth-order valence-electron chi connectivity index (χ4n) is 5.66. The second-order valence-corrected chi connectivity index (χ2v) is 9.92. The first kappa shape index (κ1) is 22.8. The van der Waals surface area contributed by atoms with Crippen molar-refractivity contribution in [2.45, 2.75) is 12.1 Å². The Balaban J connectivity index is 1.48. The molecule has 4 atom stereocenters. The van der Waals surface area contributed by atoms with Gasteiger partial charge in [0.25, 0.3) is 0 Å². The Hall–Kier alpha value is -3.61. The van der Waals surface area contributed by atoms with Crippen LogP contribution < -0.4 is 14.5 Å². The normalized spacial score (nSPS) is 24.0. The number of benzene rings is 3. The number of anilines is 2. The Kier molecular flexibility index (Phi) is 5.39. The molecule has 3 heterocycles. The van der Waals surface area contributed by atoms with Crippen LogP contribution in [0.3, 0.4) is 0 Å². The van der Waals surface area contributed by atoms with E-state index in [1.807, 2.05) is 41.3 Å². The number of carbonyl (C=O) groups is 3. The van der Waals surface area contributed by atoms with Gasteiger partial charge in [0, 0.05) is 21.3 Å². The Morgan fingerprint density at radius 1 is 0.889 bits per heavy atom. The summed E-state index contributed by atoms with van der Waals surface area (Å²) in [5.41, 5.74) is 2.50. The molecule has 0 aromatic heterocycles. The summed E-state index contributed by atoms with van der Waals surface area (Å²) in [4.78, 5) is 44.8. The van der Waals surface area contributed by atoms with Gasteiger partial charge in [-0.25, -0.2) is 4.90 Å². The second-order valence-electron chi connectivity index (χ2n) is 9.04. The molecule has 0 bridgehead atoms. The first-order chi connectivity index (χ1) is 17.4. The van der Waals surface area contributed by atoms with Gasteiger partial charge in [-0.15, -0.1) is 0 Å². The zero-order valence-corrected chi connectivity index (χ0v) is 20.6. The topological polar surface area (TPSA) is 66.9 Å². The highest BCUT2D eigenvalue weighted by molar-refractivity contribution is 6.36. The number of hydrogen-bond donors (Lipinski definition) is 0. The van der Waals surface area contributed by atoms with Crippen molar-refractivity contribution in [2.24, 2.45) is 11.8 Å². The van der Waals surface area contributed by atoms with Gasteiger partial charge in [-0.3, -0.25) is 14.4 Å². The van der Waals surface area contributed by atoms with Crippen LogP contribution >= 0.6 is 23.2 Å². The molecule has 2 amide bonds. The molecule has 0 spiro atoms. The number of ether oxygens (including phenoxy) is 1. The van der Waals surface area contributed by atoms with Crippen LogP contribution in [0.2, 0.25) is 10.0 Å². The van der Waals surface area contributed by atoms with E-state index in [-0.39, 0.29) is 11.7 Å². The van der Waals surface area contributed by atoms with E-state index < -0.39 is 29.8 Å². The Bertz CT molecular complexity index is 1430. The molecule has 2 saturated heterocycles. The van der Waals surface area contributed by atoms with Crippen LogP contribution in [-0.2, 0) is 9.59 Å². The predicted molar refractivity (Wildman–Crippen MR) is 139 cm³/mol. The minimum atomic E-state index is -0.870. The summed E-state index contributed by atoms with van der Waals surface area (Å²) in [6.07, 6.45) is 3.87. The molecule has 180 valence electrons. The van der Waals surface area contributed by atoms with Crippen LogP contribution in [0.4, 0.5) is 11.4 Å². The van der Waals surface area contributed by atoms with Crippen molar-refractivity contribution >= 4 is 58.3 Å². The quantitative estimate of drug-likeness (QED) is 0.347. The number of rotatable bonds is 4. The van der Waals surface area contributed by atoms with E-state index in [0.717, 1.165) is 16.2 Å². The highest BCUT2D eigenvalue weighted by atomic mass is 35.5. The second kappa shape index (κ2) is 8.50. The van der Waals surface area contributed by atoms with Gasteiger partial charge in [-0.1, -0.05) is 53.6 Å². The lowest BCUT2D eigenvalue weighted by Crippen LogP contribution is -2.48. The molecular weight excluding hydrogens is 499 g/mol. The number of nitrogens with zero attached hydrogens (tertiary/aromatic N) is 2. The van der Waals surface area contributed by atoms with Gasteiger partial charge in [-0.2, -0.15) is 0 Å². The van der Waals surface area contributed by atoms with E-state index in [1.165, 1.54) is 18.2 Å². The molecule has 0 aliphatic carbocycles. The van der Waals surface area contributed by atoms with Gasteiger partial charge in [0.1, 0.15) is 11.8 Å². The van der Waals surface area contributed by atoms with Crippen LogP contribution in [0.25, 0.3) is 6.08 Å². The number of hydrogen-bond acceptors (Lipinski definition) is 5. The van der Waals surface area contributed by atoms with Crippen LogP contribution in [0, 0.1) is 11.8 Å². The van der Waals surface area contributed by atoms with Crippen molar-refractivity contribution in [3.63, 3.8) is 0 Å². The van der Waals surface area contributed by atoms with Crippen molar-refractivity contribution in [2.75, 3.05) is 16.9 Å². The van der Waals surface area contributed by atoms with E-state index >= 15 is 0 Å². The van der Waals surface area contributed by atoms with Crippen LogP contribution in [0.1, 0.15) is 15.9 Å². The fraction of sp³-hybridized carbons (Fsp3) is 0.179. The van der Waals surface area contributed by atoms with E-state index in [4.69, 9.17) is 27.9 Å². The van der Waals surface area contributed by atoms with Gasteiger partial charge in [-0.05, 0) is 54.1 Å². The number of carbonyl (C=O) groups excluding carboxylic acids is 3. The Morgan fingerprint density at radius 2 is 1.56 bits per heavy atom. The number of Topliss-reactive ketones (excluding diaryl/α,β-unsaturated/α-hetero) is 1. The fourth-order valence-corrected chi connectivity index (χ4v) is 6.18. The van der Waals surface area contributed by atoms with E-state index in [1.54, 1.807) is 31.4 Å². The largest absolute Gasteiger partial charge is 0.497 e. The molecule has 3 aliphatic heterocycles. The van der Waals surface area contributed by atoms with Gasteiger partial charge in [0.2, 0.25) is 11.8 Å². The smallest absolute Gasteiger partial charge is 0.240 e.